The number of carbonyl (C=O) groups excluding carboxylic acids is 2. The predicted octanol–water partition coefficient (Wildman–Crippen LogP) is 4.18. The summed E-state index contributed by atoms with van der Waals surface area (Å²) >= 11 is 0. The van der Waals surface area contributed by atoms with Gasteiger partial charge in [0.15, 0.2) is 0 Å². The molecule has 1 aliphatic rings. The topological polar surface area (TPSA) is 84.7 Å². The molecule has 4 rings (SSSR count). The molecule has 3 N–H and O–H groups in total. The van der Waals surface area contributed by atoms with Crippen LogP contribution in [0.25, 0.3) is 0 Å². The Kier molecular flexibility index (Phi) is 7.83. The van der Waals surface area contributed by atoms with Crippen molar-refractivity contribution in [1.82, 2.24) is 5.32 Å². The van der Waals surface area contributed by atoms with E-state index >= 15 is 0 Å². The maximum atomic E-state index is 13.8. The Balaban J connectivity index is 1.54. The second-order valence-corrected chi connectivity index (χ2v) is 9.30. The Morgan fingerprint density at radius 3 is 2.37 bits per heavy atom. The van der Waals surface area contributed by atoms with Gasteiger partial charge in [0.2, 0.25) is 11.8 Å². The van der Waals surface area contributed by atoms with Crippen molar-refractivity contribution in [3.05, 3.63) is 95.6 Å². The normalized spacial score (nSPS) is 16.4. The molecule has 1 aliphatic heterocycles. The van der Waals surface area contributed by atoms with Crippen molar-refractivity contribution in [3.8, 4) is 5.75 Å². The lowest BCUT2D eigenvalue weighted by atomic mass is 10.0. The summed E-state index contributed by atoms with van der Waals surface area (Å²) in [5.74, 6) is 0.456. The summed E-state index contributed by atoms with van der Waals surface area (Å²) in [6.45, 7) is 4.84. The van der Waals surface area contributed by atoms with Gasteiger partial charge in [0.25, 0.3) is 0 Å². The first-order valence-corrected chi connectivity index (χ1v) is 12.1. The van der Waals surface area contributed by atoms with Crippen LogP contribution in [-0.4, -0.2) is 30.5 Å². The van der Waals surface area contributed by atoms with Gasteiger partial charge in [-0.05, 0) is 47.6 Å². The van der Waals surface area contributed by atoms with Crippen LogP contribution < -0.4 is 20.7 Å². The van der Waals surface area contributed by atoms with Crippen LogP contribution in [0, 0.1) is 0 Å². The van der Waals surface area contributed by atoms with E-state index in [1.807, 2.05) is 54.6 Å². The first kappa shape index (κ1) is 24.5. The fourth-order valence-corrected chi connectivity index (χ4v) is 4.33. The number of amides is 2. The van der Waals surface area contributed by atoms with Gasteiger partial charge in [-0.3, -0.25) is 14.9 Å². The highest BCUT2D eigenvalue weighted by Crippen LogP contribution is 2.32. The summed E-state index contributed by atoms with van der Waals surface area (Å²) in [7, 11) is 0. The molecule has 35 heavy (non-hydrogen) atoms. The molecule has 0 radical (unpaired) electrons. The number of aryl methyl sites for hydroxylation is 1. The van der Waals surface area contributed by atoms with Crippen LogP contribution in [0.2, 0.25) is 0 Å². The number of para-hydroxylation sites is 2. The van der Waals surface area contributed by atoms with Gasteiger partial charge in [-0.15, -0.1) is 0 Å². The summed E-state index contributed by atoms with van der Waals surface area (Å²) in [6.07, 6.45) is 1.17. The molecule has 0 aromatic heterocycles. The molecule has 0 bridgehead atoms. The highest BCUT2D eigenvalue weighted by Gasteiger charge is 2.34. The monoisotopic (exact) mass is 471 g/mol. The number of carbonyl (C=O) groups is 2. The molecule has 0 saturated carbocycles. The summed E-state index contributed by atoms with van der Waals surface area (Å²) in [5.41, 5.74) is 9.82. The summed E-state index contributed by atoms with van der Waals surface area (Å²) in [5, 5.41) is 3.20. The van der Waals surface area contributed by atoms with Crippen molar-refractivity contribution in [2.75, 3.05) is 11.5 Å². The molecular formula is C29H33N3O3. The molecule has 6 nitrogen and oxygen atoms in total. The average molecular weight is 472 g/mol. The number of benzene rings is 3. The van der Waals surface area contributed by atoms with E-state index in [-0.39, 0.29) is 12.5 Å². The number of hydrogen-bond donors (Lipinski definition) is 2. The molecule has 0 unspecified atom stereocenters. The number of ether oxygens (including phenoxy) is 1. The quantitative estimate of drug-likeness (QED) is 0.490. The first-order chi connectivity index (χ1) is 16.9. The Labute approximate surface area is 207 Å². The molecule has 182 valence electrons. The van der Waals surface area contributed by atoms with Gasteiger partial charge in [0.05, 0.1) is 18.3 Å². The third-order valence-corrected chi connectivity index (χ3v) is 6.42. The zero-order chi connectivity index (χ0) is 24.8. The third-order valence-electron chi connectivity index (χ3n) is 6.42. The first-order valence-electron chi connectivity index (χ1n) is 12.1. The molecule has 0 saturated heterocycles. The van der Waals surface area contributed by atoms with E-state index < -0.39 is 18.0 Å². The summed E-state index contributed by atoms with van der Waals surface area (Å²) in [4.78, 5) is 27.7. The molecule has 2 amide bonds. The van der Waals surface area contributed by atoms with Crippen LogP contribution in [0.1, 0.15) is 42.9 Å². The van der Waals surface area contributed by atoms with Gasteiger partial charge in [-0.25, -0.2) is 0 Å². The summed E-state index contributed by atoms with van der Waals surface area (Å²) < 4.78 is 6.02. The van der Waals surface area contributed by atoms with Crippen LogP contribution >= 0.6 is 0 Å². The number of fused-ring (bicyclic) bond motifs is 1. The fraction of sp³-hybridized carbons (Fsp3) is 0.310. The lowest BCUT2D eigenvalue weighted by Crippen LogP contribution is -2.55. The Morgan fingerprint density at radius 2 is 1.69 bits per heavy atom. The molecule has 0 aliphatic carbocycles. The van der Waals surface area contributed by atoms with E-state index in [1.54, 1.807) is 4.90 Å². The number of nitrogens with one attached hydrogen (secondary N) is 1. The van der Waals surface area contributed by atoms with Crippen molar-refractivity contribution in [2.45, 2.75) is 51.2 Å². The van der Waals surface area contributed by atoms with Crippen molar-refractivity contribution in [1.29, 1.82) is 0 Å². The zero-order valence-corrected chi connectivity index (χ0v) is 20.3. The van der Waals surface area contributed by atoms with E-state index in [0.29, 0.717) is 31.1 Å². The number of hydrogen-bond acceptors (Lipinski definition) is 4. The SMILES string of the molecule is CC(C)c1ccc(CN2C(=O)[C@@H](N[C@@H](CCc3ccccc3)C(N)=O)COc3ccccc32)cc1. The van der Waals surface area contributed by atoms with Gasteiger partial charge < -0.3 is 15.4 Å². The number of anilines is 1. The maximum absolute atomic E-state index is 13.8. The second kappa shape index (κ2) is 11.2. The Hall–Kier alpha value is -3.64. The molecule has 2 atom stereocenters. The molecule has 3 aromatic rings. The van der Waals surface area contributed by atoms with Gasteiger partial charge in [0.1, 0.15) is 18.4 Å². The van der Waals surface area contributed by atoms with Crippen LogP contribution in [0.5, 0.6) is 5.75 Å². The highest BCUT2D eigenvalue weighted by atomic mass is 16.5. The number of nitrogens with zero attached hydrogens (tertiary/aromatic N) is 1. The second-order valence-electron chi connectivity index (χ2n) is 9.30. The minimum Gasteiger partial charge on any atom is -0.489 e. The third kappa shape index (κ3) is 6.08. The number of primary amides is 1. The van der Waals surface area contributed by atoms with Gasteiger partial charge in [-0.2, -0.15) is 0 Å². The van der Waals surface area contributed by atoms with Crippen LogP contribution in [-0.2, 0) is 22.6 Å². The standard InChI is InChI=1S/C29H33N3O3/c1-20(2)23-15-12-22(13-16-23)18-32-26-10-6-7-11-27(26)35-19-25(29(32)34)31-24(28(30)33)17-14-21-8-4-3-5-9-21/h3-13,15-16,20,24-25,31H,14,17-19H2,1-2H3,(H2,30,33)/t24-,25-/m0/s1. The smallest absolute Gasteiger partial charge is 0.248 e. The van der Waals surface area contributed by atoms with Gasteiger partial charge >= 0.3 is 0 Å². The number of rotatable bonds is 9. The van der Waals surface area contributed by atoms with Crippen molar-refractivity contribution in [3.63, 3.8) is 0 Å². The molecule has 0 spiro atoms. The van der Waals surface area contributed by atoms with E-state index in [0.717, 1.165) is 16.8 Å². The fourth-order valence-electron chi connectivity index (χ4n) is 4.33. The molecule has 6 heteroatoms. The largest absolute Gasteiger partial charge is 0.489 e. The highest BCUT2D eigenvalue weighted by molar-refractivity contribution is 5.99. The lowest BCUT2D eigenvalue weighted by molar-refractivity contribution is -0.123. The van der Waals surface area contributed by atoms with Gasteiger partial charge in [-0.1, -0.05) is 80.6 Å². The molecule has 3 aromatic carbocycles. The van der Waals surface area contributed by atoms with Gasteiger partial charge in [0, 0.05) is 0 Å². The van der Waals surface area contributed by atoms with Crippen LogP contribution in [0.15, 0.2) is 78.9 Å². The molecular weight excluding hydrogens is 438 g/mol. The minimum atomic E-state index is -0.703. The van der Waals surface area contributed by atoms with E-state index in [4.69, 9.17) is 10.5 Å². The predicted molar refractivity (Wildman–Crippen MR) is 138 cm³/mol. The van der Waals surface area contributed by atoms with Crippen LogP contribution in [0.4, 0.5) is 5.69 Å². The van der Waals surface area contributed by atoms with Crippen molar-refractivity contribution < 1.29 is 14.3 Å². The summed E-state index contributed by atoms with van der Waals surface area (Å²) in [6, 6.07) is 24.4. The van der Waals surface area contributed by atoms with E-state index in [1.165, 1.54) is 5.56 Å². The van der Waals surface area contributed by atoms with E-state index in [9.17, 15) is 9.59 Å². The Bertz CT molecular complexity index is 1150. The Morgan fingerprint density at radius 1 is 1.00 bits per heavy atom. The maximum Gasteiger partial charge on any atom is 0.248 e. The van der Waals surface area contributed by atoms with Crippen LogP contribution in [0.3, 0.4) is 0 Å². The molecule has 0 fully saturated rings. The average Bonchev–Trinajstić information content (AvgIpc) is 2.99. The zero-order valence-electron chi connectivity index (χ0n) is 20.3. The molecule has 1 heterocycles. The minimum absolute atomic E-state index is 0.119. The number of nitrogens with two attached hydrogens (primary N) is 1. The lowest BCUT2D eigenvalue weighted by Gasteiger charge is -2.27. The van der Waals surface area contributed by atoms with Crippen molar-refractivity contribution in [2.24, 2.45) is 5.73 Å². The van der Waals surface area contributed by atoms with Crippen molar-refractivity contribution >= 4 is 17.5 Å². The van der Waals surface area contributed by atoms with E-state index in [2.05, 4.69) is 43.4 Å².